The van der Waals surface area contributed by atoms with Crippen molar-refractivity contribution < 1.29 is 33.5 Å². The SMILES string of the molecule is CC(C)(C)[C@H](NC(=O)[C@@H](NC(=O)c1ccc[n+]([O-])c1)C1CCCCC1)C(=O)N1C[C@]2(C[C@H]1C(=O)NC(CC1CCC1)C(=O)C(N)=O)C(C)(C)C21CCC1. The van der Waals surface area contributed by atoms with Gasteiger partial charge in [-0.1, -0.05) is 79.6 Å². The van der Waals surface area contributed by atoms with Crippen LogP contribution in [-0.4, -0.2) is 70.9 Å². The van der Waals surface area contributed by atoms with Crippen LogP contribution in [-0.2, 0) is 24.0 Å². The molecule has 4 aliphatic carbocycles. The number of hydrogen-bond acceptors (Lipinski definition) is 7. The maximum atomic E-state index is 15.0. The number of carbonyl (C=O) groups excluding carboxylic acids is 6. The van der Waals surface area contributed by atoms with Gasteiger partial charge in [-0.25, -0.2) is 0 Å². The summed E-state index contributed by atoms with van der Waals surface area (Å²) in [6, 6.07) is -1.01. The number of carbonyl (C=O) groups is 6. The quantitative estimate of drug-likeness (QED) is 0.144. The smallest absolute Gasteiger partial charge is 0.287 e. The highest BCUT2D eigenvalue weighted by Gasteiger charge is 2.85. The molecule has 2 spiro atoms. The highest BCUT2D eigenvalue weighted by Crippen LogP contribution is 2.88. The molecule has 1 aromatic rings. The van der Waals surface area contributed by atoms with Crippen molar-refractivity contribution in [3.05, 3.63) is 35.3 Å². The molecule has 5 amide bonds. The molecule has 0 radical (unpaired) electrons. The molecule has 5 N–H and O–H groups in total. The van der Waals surface area contributed by atoms with E-state index in [-0.39, 0.29) is 33.6 Å². The Bertz CT molecular complexity index is 1640. The van der Waals surface area contributed by atoms with Crippen molar-refractivity contribution in [2.24, 2.45) is 39.2 Å². The number of amides is 5. The maximum Gasteiger partial charge on any atom is 0.287 e. The van der Waals surface area contributed by atoms with Crippen molar-refractivity contribution >= 4 is 35.3 Å². The van der Waals surface area contributed by atoms with Gasteiger partial charge in [0, 0.05) is 18.0 Å². The second kappa shape index (κ2) is 14.3. The first-order chi connectivity index (χ1) is 24.9. The van der Waals surface area contributed by atoms with E-state index in [1.54, 1.807) is 4.90 Å². The monoisotopic (exact) mass is 734 g/mol. The first-order valence-electron chi connectivity index (χ1n) is 19.7. The van der Waals surface area contributed by atoms with Crippen LogP contribution in [0.3, 0.4) is 0 Å². The lowest BCUT2D eigenvalue weighted by atomic mass is 9.73. The second-order valence-corrected chi connectivity index (χ2v) is 18.3. The second-order valence-electron chi connectivity index (χ2n) is 18.3. The molecule has 13 heteroatoms. The van der Waals surface area contributed by atoms with Crippen LogP contribution in [0.25, 0.3) is 0 Å². The number of hydrogen-bond donors (Lipinski definition) is 4. The summed E-state index contributed by atoms with van der Waals surface area (Å²) >= 11 is 0. The number of nitrogens with two attached hydrogens (primary N) is 1. The fraction of sp³-hybridized carbons (Fsp3) is 0.725. The first-order valence-corrected chi connectivity index (χ1v) is 19.7. The molecule has 1 aliphatic heterocycles. The highest BCUT2D eigenvalue weighted by atomic mass is 16.5. The Morgan fingerprint density at radius 3 is 2.15 bits per heavy atom. The molecular weight excluding hydrogens is 676 g/mol. The normalized spacial score (nSPS) is 26.4. The molecule has 4 saturated carbocycles. The predicted octanol–water partition coefficient (Wildman–Crippen LogP) is 3.06. The van der Waals surface area contributed by atoms with E-state index >= 15 is 0 Å². The van der Waals surface area contributed by atoms with Crippen LogP contribution in [0.5, 0.6) is 0 Å². The number of Topliss-reactive ketones (excluding diaryl/α,β-unsaturated/α-hetero) is 1. The average Bonchev–Trinajstić information content (AvgIpc) is 3.27. The van der Waals surface area contributed by atoms with Gasteiger partial charge in [0.15, 0.2) is 12.4 Å². The molecule has 5 aliphatic rings. The van der Waals surface area contributed by atoms with E-state index in [1.807, 2.05) is 20.8 Å². The lowest BCUT2D eigenvalue weighted by Gasteiger charge is -2.38. The van der Waals surface area contributed by atoms with Crippen LogP contribution >= 0.6 is 0 Å². The van der Waals surface area contributed by atoms with Crippen LogP contribution < -0.4 is 26.4 Å². The van der Waals surface area contributed by atoms with E-state index in [0.717, 1.165) is 76.8 Å². The van der Waals surface area contributed by atoms with Crippen molar-refractivity contribution in [2.45, 2.75) is 142 Å². The maximum absolute atomic E-state index is 15.0. The number of rotatable bonds is 12. The molecule has 1 saturated heterocycles. The number of aromatic nitrogens is 1. The molecule has 2 heterocycles. The molecular formula is C40H58N6O7. The minimum atomic E-state index is -1.10. The Kier molecular flexibility index (Phi) is 10.5. The summed E-state index contributed by atoms with van der Waals surface area (Å²) in [6.07, 6.45) is 13.4. The van der Waals surface area contributed by atoms with Crippen molar-refractivity contribution in [1.29, 1.82) is 0 Å². The zero-order valence-electron chi connectivity index (χ0n) is 32.0. The molecule has 6 rings (SSSR count). The number of nitrogens with zero attached hydrogens (tertiary/aromatic N) is 2. The first kappa shape index (κ1) is 38.7. The average molecular weight is 735 g/mol. The van der Waals surface area contributed by atoms with Gasteiger partial charge in [-0.3, -0.25) is 28.8 Å². The van der Waals surface area contributed by atoms with Crippen LogP contribution in [0.15, 0.2) is 24.5 Å². The van der Waals surface area contributed by atoms with Gasteiger partial charge in [-0.2, -0.15) is 4.73 Å². The third kappa shape index (κ3) is 6.93. The molecule has 1 aromatic heterocycles. The summed E-state index contributed by atoms with van der Waals surface area (Å²) in [6.45, 7) is 10.3. The summed E-state index contributed by atoms with van der Waals surface area (Å²) in [5, 5.41) is 20.7. The van der Waals surface area contributed by atoms with E-state index in [1.165, 1.54) is 18.3 Å². The Balaban J connectivity index is 1.28. The highest BCUT2D eigenvalue weighted by molar-refractivity contribution is 6.37. The predicted molar refractivity (Wildman–Crippen MR) is 195 cm³/mol. The molecule has 13 nitrogen and oxygen atoms in total. The molecule has 290 valence electrons. The van der Waals surface area contributed by atoms with Crippen molar-refractivity contribution in [1.82, 2.24) is 20.9 Å². The van der Waals surface area contributed by atoms with Gasteiger partial charge in [-0.05, 0) is 72.7 Å². The standard InChI is InChI=1S/C40H58N6O7/c1-37(2,3)31(44-35(51)29(25-14-7-6-8-15-25)43-33(49)26-16-10-19-45(53)22-26)36(52)46-23-40(38(4,5)39(40)17-11-18-39)21-28(46)34(50)42-27(30(47)32(41)48)20-24-12-9-13-24/h10,16,19,22,24-25,27-29,31H,6-9,11-15,17-18,20-21,23H2,1-5H3,(H2,41,48)(H,42,50)(H,43,49)(H,44,51)/t27?,28-,29-,31+,40+/m0/s1. The Labute approximate surface area is 312 Å². The van der Waals surface area contributed by atoms with E-state index in [0.29, 0.717) is 24.1 Å². The summed E-state index contributed by atoms with van der Waals surface area (Å²) < 4.78 is 0.530. The van der Waals surface area contributed by atoms with Gasteiger partial charge in [-0.15, -0.1) is 0 Å². The van der Waals surface area contributed by atoms with E-state index in [2.05, 4.69) is 29.8 Å². The lowest BCUT2D eigenvalue weighted by molar-refractivity contribution is -0.605. The molecule has 1 unspecified atom stereocenters. The number of nitrogens with one attached hydrogen (secondary N) is 3. The number of fused-ring (bicyclic) bond motifs is 1. The van der Waals surface area contributed by atoms with Gasteiger partial charge in [0.1, 0.15) is 23.7 Å². The van der Waals surface area contributed by atoms with Gasteiger partial charge in [0.25, 0.3) is 11.8 Å². The van der Waals surface area contributed by atoms with Crippen LogP contribution in [0.2, 0.25) is 0 Å². The topological polar surface area (TPSA) is 195 Å². The van der Waals surface area contributed by atoms with Crippen LogP contribution in [0.4, 0.5) is 0 Å². The van der Waals surface area contributed by atoms with Gasteiger partial charge in [0.2, 0.25) is 23.5 Å². The summed E-state index contributed by atoms with van der Waals surface area (Å²) in [4.78, 5) is 83.7. The number of likely N-dealkylation sites (tertiary alicyclic amines) is 1. The number of ketones is 1. The van der Waals surface area contributed by atoms with E-state index in [4.69, 9.17) is 5.73 Å². The van der Waals surface area contributed by atoms with Gasteiger partial charge < -0.3 is 31.8 Å². The number of primary amides is 1. The Morgan fingerprint density at radius 2 is 1.62 bits per heavy atom. The zero-order chi connectivity index (χ0) is 38.5. The zero-order valence-corrected chi connectivity index (χ0v) is 32.0. The minimum Gasteiger partial charge on any atom is -0.619 e. The third-order valence-corrected chi connectivity index (χ3v) is 14.2. The van der Waals surface area contributed by atoms with Crippen molar-refractivity contribution in [3.8, 4) is 0 Å². The van der Waals surface area contributed by atoms with Crippen molar-refractivity contribution in [2.75, 3.05) is 6.54 Å². The van der Waals surface area contributed by atoms with Crippen molar-refractivity contribution in [3.63, 3.8) is 0 Å². The van der Waals surface area contributed by atoms with Gasteiger partial charge >= 0.3 is 0 Å². The largest absolute Gasteiger partial charge is 0.619 e. The van der Waals surface area contributed by atoms with E-state index in [9.17, 15) is 34.0 Å². The summed E-state index contributed by atoms with van der Waals surface area (Å²) in [5.74, 6) is -3.84. The van der Waals surface area contributed by atoms with Crippen LogP contribution in [0, 0.1) is 38.7 Å². The minimum absolute atomic E-state index is 0.00154. The molecule has 0 bridgehead atoms. The van der Waals surface area contributed by atoms with E-state index < -0.39 is 64.9 Å². The summed E-state index contributed by atoms with van der Waals surface area (Å²) in [7, 11) is 0. The Morgan fingerprint density at radius 1 is 0.943 bits per heavy atom. The molecule has 0 aromatic carbocycles. The lowest BCUT2D eigenvalue weighted by Crippen LogP contribution is -2.62. The third-order valence-electron chi connectivity index (χ3n) is 14.2. The fourth-order valence-corrected chi connectivity index (χ4v) is 10.5. The molecule has 53 heavy (non-hydrogen) atoms. The molecule has 5 fully saturated rings. The number of pyridine rings is 1. The van der Waals surface area contributed by atoms with Crippen LogP contribution in [0.1, 0.15) is 128 Å². The summed E-state index contributed by atoms with van der Waals surface area (Å²) in [5.41, 5.74) is 4.31. The van der Waals surface area contributed by atoms with Gasteiger partial charge in [0.05, 0.1) is 6.04 Å². The molecule has 5 atom stereocenters. The Hall–Kier alpha value is -4.03. The fourth-order valence-electron chi connectivity index (χ4n) is 10.5.